The molecule has 0 amide bonds. The van der Waals surface area contributed by atoms with Crippen molar-refractivity contribution in [2.75, 3.05) is 13.2 Å². The summed E-state index contributed by atoms with van der Waals surface area (Å²) in [7, 11) is 0. The van der Waals surface area contributed by atoms with Gasteiger partial charge in [-0.15, -0.1) is 0 Å². The van der Waals surface area contributed by atoms with Crippen LogP contribution in [-0.2, 0) is 13.0 Å². The van der Waals surface area contributed by atoms with E-state index < -0.39 is 0 Å². The zero-order chi connectivity index (χ0) is 16.6. The van der Waals surface area contributed by atoms with Gasteiger partial charge in [0.1, 0.15) is 5.75 Å². The second kappa shape index (κ2) is 8.51. The van der Waals surface area contributed by atoms with Crippen molar-refractivity contribution in [2.24, 2.45) is 0 Å². The molecule has 0 aliphatic rings. The smallest absolute Gasteiger partial charge is 0.124 e. The fourth-order valence-corrected chi connectivity index (χ4v) is 2.95. The lowest BCUT2D eigenvalue weighted by atomic mass is 10.0. The van der Waals surface area contributed by atoms with Crippen LogP contribution in [0.25, 0.3) is 10.8 Å². The molecule has 0 saturated heterocycles. The highest BCUT2D eigenvalue weighted by Crippen LogP contribution is 2.28. The predicted molar refractivity (Wildman–Crippen MR) is 102 cm³/mol. The number of ether oxygens (including phenoxy) is 1. The number of fused-ring (bicyclic) bond motifs is 1. The van der Waals surface area contributed by atoms with Crippen molar-refractivity contribution in [1.29, 1.82) is 0 Å². The van der Waals surface area contributed by atoms with E-state index in [1.165, 1.54) is 21.9 Å². The summed E-state index contributed by atoms with van der Waals surface area (Å²) in [4.78, 5) is 0. The molecule has 2 nitrogen and oxygen atoms in total. The zero-order valence-electron chi connectivity index (χ0n) is 14.3. The summed E-state index contributed by atoms with van der Waals surface area (Å²) in [5, 5.41) is 6.05. The molecule has 1 N–H and O–H groups in total. The molecule has 0 aliphatic carbocycles. The molecule has 24 heavy (non-hydrogen) atoms. The van der Waals surface area contributed by atoms with Crippen LogP contribution in [0.4, 0.5) is 0 Å². The van der Waals surface area contributed by atoms with Gasteiger partial charge < -0.3 is 10.1 Å². The summed E-state index contributed by atoms with van der Waals surface area (Å²) in [6.45, 7) is 4.75. The average Bonchev–Trinajstić information content (AvgIpc) is 2.64. The Balaban J connectivity index is 1.76. The third-order valence-electron chi connectivity index (χ3n) is 4.22. The SMILES string of the molecule is CCCNCc1c(OCCc2ccccc2)ccc2ccccc12. The van der Waals surface area contributed by atoms with E-state index in [-0.39, 0.29) is 0 Å². The molecule has 3 aromatic carbocycles. The van der Waals surface area contributed by atoms with Crippen molar-refractivity contribution in [3.8, 4) is 5.75 Å². The quantitative estimate of drug-likeness (QED) is 0.592. The minimum atomic E-state index is 0.698. The normalized spacial score (nSPS) is 10.9. The Morgan fingerprint density at radius 3 is 2.50 bits per heavy atom. The van der Waals surface area contributed by atoms with Crippen molar-refractivity contribution >= 4 is 10.8 Å². The molecule has 0 unspecified atom stereocenters. The first-order valence-electron chi connectivity index (χ1n) is 8.76. The van der Waals surface area contributed by atoms with Gasteiger partial charge in [0.25, 0.3) is 0 Å². The molecule has 0 aliphatic heterocycles. The second-order valence-electron chi connectivity index (χ2n) is 6.02. The van der Waals surface area contributed by atoms with Crippen molar-refractivity contribution in [1.82, 2.24) is 5.32 Å². The van der Waals surface area contributed by atoms with Gasteiger partial charge in [-0.2, -0.15) is 0 Å². The highest BCUT2D eigenvalue weighted by Gasteiger charge is 2.08. The van der Waals surface area contributed by atoms with Gasteiger partial charge in [-0.25, -0.2) is 0 Å². The van der Waals surface area contributed by atoms with Crippen molar-refractivity contribution in [3.05, 3.63) is 77.9 Å². The average molecular weight is 319 g/mol. The monoisotopic (exact) mass is 319 g/mol. The van der Waals surface area contributed by atoms with E-state index in [1.807, 2.05) is 6.07 Å². The van der Waals surface area contributed by atoms with Crippen LogP contribution in [0.1, 0.15) is 24.5 Å². The van der Waals surface area contributed by atoms with E-state index in [1.54, 1.807) is 0 Å². The fourth-order valence-electron chi connectivity index (χ4n) is 2.95. The summed E-state index contributed by atoms with van der Waals surface area (Å²) >= 11 is 0. The molecular weight excluding hydrogens is 294 g/mol. The topological polar surface area (TPSA) is 21.3 Å². The Bertz CT molecular complexity index is 767. The lowest BCUT2D eigenvalue weighted by molar-refractivity contribution is 0.318. The number of nitrogens with one attached hydrogen (secondary N) is 1. The minimum Gasteiger partial charge on any atom is -0.493 e. The molecular formula is C22H25NO. The molecule has 0 heterocycles. The molecule has 3 rings (SSSR count). The Hall–Kier alpha value is -2.32. The molecule has 0 radical (unpaired) electrons. The second-order valence-corrected chi connectivity index (χ2v) is 6.02. The number of hydrogen-bond acceptors (Lipinski definition) is 2. The standard InChI is InChI=1S/C22H25NO/c1-2-15-23-17-21-20-11-7-6-10-19(20)12-13-22(21)24-16-14-18-8-4-3-5-9-18/h3-13,23H,2,14-17H2,1H3. The maximum absolute atomic E-state index is 6.14. The Morgan fingerprint density at radius 2 is 1.67 bits per heavy atom. The number of hydrogen-bond donors (Lipinski definition) is 1. The van der Waals surface area contributed by atoms with Crippen molar-refractivity contribution in [3.63, 3.8) is 0 Å². The van der Waals surface area contributed by atoms with Crippen LogP contribution in [0.3, 0.4) is 0 Å². The van der Waals surface area contributed by atoms with E-state index >= 15 is 0 Å². The summed E-state index contributed by atoms with van der Waals surface area (Å²) in [6.07, 6.45) is 2.06. The molecule has 0 saturated carbocycles. The van der Waals surface area contributed by atoms with Crippen LogP contribution in [0.5, 0.6) is 5.75 Å². The van der Waals surface area contributed by atoms with Crippen LogP contribution in [0.2, 0.25) is 0 Å². The molecule has 0 aromatic heterocycles. The van der Waals surface area contributed by atoms with E-state index in [2.05, 4.69) is 72.9 Å². The molecule has 0 fully saturated rings. The van der Waals surface area contributed by atoms with E-state index in [9.17, 15) is 0 Å². The lowest BCUT2D eigenvalue weighted by Gasteiger charge is -2.15. The highest BCUT2D eigenvalue weighted by atomic mass is 16.5. The first-order valence-corrected chi connectivity index (χ1v) is 8.76. The van der Waals surface area contributed by atoms with Crippen LogP contribution in [0, 0.1) is 0 Å². The molecule has 3 aromatic rings. The van der Waals surface area contributed by atoms with Crippen molar-refractivity contribution in [2.45, 2.75) is 26.3 Å². The van der Waals surface area contributed by atoms with Crippen LogP contribution in [-0.4, -0.2) is 13.2 Å². The van der Waals surface area contributed by atoms with Crippen LogP contribution >= 0.6 is 0 Å². The largest absolute Gasteiger partial charge is 0.493 e. The van der Waals surface area contributed by atoms with E-state index in [0.717, 1.165) is 31.7 Å². The summed E-state index contributed by atoms with van der Waals surface area (Å²) in [6, 6.07) is 23.3. The van der Waals surface area contributed by atoms with Gasteiger partial charge in [0.2, 0.25) is 0 Å². The highest BCUT2D eigenvalue weighted by molar-refractivity contribution is 5.87. The summed E-state index contributed by atoms with van der Waals surface area (Å²) in [5.74, 6) is 0.994. The molecule has 124 valence electrons. The molecule has 0 bridgehead atoms. The van der Waals surface area contributed by atoms with Gasteiger partial charge in [0.05, 0.1) is 6.61 Å². The third-order valence-corrected chi connectivity index (χ3v) is 4.22. The summed E-state index contributed by atoms with van der Waals surface area (Å²) < 4.78 is 6.14. The van der Waals surface area contributed by atoms with Gasteiger partial charge in [0, 0.05) is 18.5 Å². The van der Waals surface area contributed by atoms with Crippen molar-refractivity contribution < 1.29 is 4.74 Å². The van der Waals surface area contributed by atoms with Gasteiger partial charge in [-0.1, -0.05) is 67.6 Å². The van der Waals surface area contributed by atoms with E-state index in [4.69, 9.17) is 4.74 Å². The number of rotatable bonds is 8. The minimum absolute atomic E-state index is 0.698. The molecule has 0 atom stereocenters. The molecule has 0 spiro atoms. The Labute approximate surface area is 144 Å². The maximum Gasteiger partial charge on any atom is 0.124 e. The Kier molecular flexibility index (Phi) is 5.86. The predicted octanol–water partition coefficient (Wildman–Crippen LogP) is 4.96. The lowest BCUT2D eigenvalue weighted by Crippen LogP contribution is -2.15. The first-order chi connectivity index (χ1) is 11.9. The van der Waals surface area contributed by atoms with Gasteiger partial charge in [0.15, 0.2) is 0 Å². The zero-order valence-corrected chi connectivity index (χ0v) is 14.3. The Morgan fingerprint density at radius 1 is 0.875 bits per heavy atom. The van der Waals surface area contributed by atoms with E-state index in [0.29, 0.717) is 6.61 Å². The van der Waals surface area contributed by atoms with Crippen LogP contribution in [0.15, 0.2) is 66.7 Å². The van der Waals surface area contributed by atoms with Gasteiger partial charge in [-0.05, 0) is 35.4 Å². The number of benzene rings is 3. The third kappa shape index (κ3) is 4.15. The molecule has 2 heteroatoms. The van der Waals surface area contributed by atoms with Crippen LogP contribution < -0.4 is 10.1 Å². The first kappa shape index (κ1) is 16.5. The van der Waals surface area contributed by atoms with Gasteiger partial charge in [-0.3, -0.25) is 0 Å². The fraction of sp³-hybridized carbons (Fsp3) is 0.273. The van der Waals surface area contributed by atoms with Gasteiger partial charge >= 0.3 is 0 Å². The maximum atomic E-state index is 6.14. The summed E-state index contributed by atoms with van der Waals surface area (Å²) in [5.41, 5.74) is 2.57.